The predicted molar refractivity (Wildman–Crippen MR) is 280 cm³/mol. The van der Waals surface area contributed by atoms with Crippen LogP contribution in [-0.4, -0.2) is 18.8 Å². The van der Waals surface area contributed by atoms with Gasteiger partial charge in [-0.15, -0.1) is 11.3 Å². The molecule has 0 spiro atoms. The van der Waals surface area contributed by atoms with Crippen LogP contribution in [0, 0.1) is 0 Å². The van der Waals surface area contributed by atoms with Gasteiger partial charge in [0.2, 0.25) is 0 Å². The normalized spacial score (nSPS) is 12.2. The highest BCUT2D eigenvalue weighted by Crippen LogP contribution is 2.51. The molecule has 0 fully saturated rings. The van der Waals surface area contributed by atoms with Gasteiger partial charge in [-0.25, -0.2) is 10.0 Å². The highest BCUT2D eigenvalue weighted by molar-refractivity contribution is 8.32. The number of hydrogen-bond donors (Lipinski definition) is 0. The Morgan fingerprint density at radius 3 is 1.78 bits per heavy atom. The SMILES string of the molecule is CS(C)(C)c1ccc(N(c2ccccc2)c2ccc3c(c2)sc2c4ccc(N(c5ccccc5-c5ccccc5)c5cccc6c5oc5ccccc56)cc4c4ccccc4c32)cc1. The molecule has 0 atom stereocenters. The van der Waals surface area contributed by atoms with Crippen LogP contribution in [-0.2, 0) is 0 Å². The molecule has 0 aliphatic carbocycles. The summed E-state index contributed by atoms with van der Waals surface area (Å²) in [5.41, 5.74) is 10.6. The summed E-state index contributed by atoms with van der Waals surface area (Å²) in [6.07, 6.45) is 7.05. The summed E-state index contributed by atoms with van der Waals surface area (Å²) in [7, 11) is -0.842. The van der Waals surface area contributed by atoms with E-state index >= 15 is 0 Å². The quantitative estimate of drug-likeness (QED) is 0.142. The lowest BCUT2D eigenvalue weighted by atomic mass is 9.96. The maximum atomic E-state index is 6.76. The van der Waals surface area contributed by atoms with E-state index in [2.05, 4.69) is 235 Å². The van der Waals surface area contributed by atoms with Gasteiger partial charge in [0.25, 0.3) is 0 Å². The number of furan rings is 1. The molecule has 5 heteroatoms. The highest BCUT2D eigenvalue weighted by Gasteiger charge is 2.24. The van der Waals surface area contributed by atoms with Crippen LogP contribution in [0.2, 0.25) is 0 Å². The van der Waals surface area contributed by atoms with Crippen LogP contribution in [0.3, 0.4) is 0 Å². The molecule has 12 rings (SSSR count). The van der Waals surface area contributed by atoms with Gasteiger partial charge in [0.05, 0.1) is 11.4 Å². The predicted octanol–water partition coefficient (Wildman–Crippen LogP) is 17.9. The van der Waals surface area contributed by atoms with E-state index in [0.29, 0.717) is 0 Å². The summed E-state index contributed by atoms with van der Waals surface area (Å²) < 4.78 is 9.32. The second kappa shape index (κ2) is 15.2. The fraction of sp³-hybridized carbons (Fsp3) is 0.0508. The van der Waals surface area contributed by atoms with Crippen LogP contribution in [0.4, 0.5) is 34.1 Å². The lowest BCUT2D eigenvalue weighted by Gasteiger charge is -2.29. The molecular formula is C59H44N2OS2. The Hall–Kier alpha value is -7.31. The van der Waals surface area contributed by atoms with Gasteiger partial charge in [-0.2, -0.15) is 0 Å². The van der Waals surface area contributed by atoms with Crippen molar-refractivity contribution in [2.24, 2.45) is 0 Å². The van der Waals surface area contributed by atoms with E-state index in [9.17, 15) is 0 Å². The molecule has 64 heavy (non-hydrogen) atoms. The molecule has 0 radical (unpaired) electrons. The minimum Gasteiger partial charge on any atom is -0.454 e. The Bertz CT molecular complexity index is 3720. The molecule has 0 unspecified atom stereocenters. The number of nitrogens with zero attached hydrogens (tertiary/aromatic N) is 2. The second-order valence-corrected chi connectivity index (χ2v) is 22.4. The van der Waals surface area contributed by atoms with Crippen molar-refractivity contribution in [2.75, 3.05) is 28.6 Å². The van der Waals surface area contributed by atoms with E-state index in [0.717, 1.165) is 67.2 Å². The molecule has 308 valence electrons. The molecule has 0 bridgehead atoms. The lowest BCUT2D eigenvalue weighted by molar-refractivity contribution is 0.669. The van der Waals surface area contributed by atoms with E-state index in [1.54, 1.807) is 0 Å². The maximum Gasteiger partial charge on any atom is 0.159 e. The molecule has 0 aliphatic heterocycles. The van der Waals surface area contributed by atoms with Gasteiger partial charge in [0.1, 0.15) is 5.58 Å². The van der Waals surface area contributed by atoms with Gasteiger partial charge in [-0.3, -0.25) is 0 Å². The van der Waals surface area contributed by atoms with Crippen molar-refractivity contribution in [3.63, 3.8) is 0 Å². The van der Waals surface area contributed by atoms with Gasteiger partial charge in [0, 0.05) is 64.6 Å². The van der Waals surface area contributed by atoms with Gasteiger partial charge in [-0.1, -0.05) is 133 Å². The first-order chi connectivity index (χ1) is 31.4. The molecule has 12 aromatic rings. The highest BCUT2D eigenvalue weighted by atomic mass is 32.3. The third-order valence-electron chi connectivity index (χ3n) is 12.6. The van der Waals surface area contributed by atoms with Crippen LogP contribution in [0.5, 0.6) is 0 Å². The molecule has 2 heterocycles. The molecule has 0 aliphatic rings. The topological polar surface area (TPSA) is 19.6 Å². The first kappa shape index (κ1) is 38.4. The number of benzene rings is 10. The Balaban J connectivity index is 1.08. The van der Waals surface area contributed by atoms with E-state index < -0.39 is 10.0 Å². The van der Waals surface area contributed by atoms with Crippen LogP contribution in [0.25, 0.3) is 74.8 Å². The van der Waals surface area contributed by atoms with Crippen LogP contribution >= 0.6 is 21.4 Å². The number of para-hydroxylation sites is 4. The zero-order chi connectivity index (χ0) is 42.9. The summed E-state index contributed by atoms with van der Waals surface area (Å²) >= 11 is 1.89. The minimum atomic E-state index is -0.842. The fourth-order valence-electron chi connectivity index (χ4n) is 9.58. The molecule has 3 nitrogen and oxygen atoms in total. The first-order valence-corrected chi connectivity index (χ1v) is 25.4. The maximum absolute atomic E-state index is 6.76. The minimum absolute atomic E-state index is 0.842. The summed E-state index contributed by atoms with van der Waals surface area (Å²) in [6.45, 7) is 0. The van der Waals surface area contributed by atoms with Crippen LogP contribution < -0.4 is 9.80 Å². The standard InChI is InChI=1S/C59H44N2OS2/c1-64(2,3)44-33-29-41(30-34-44)60(40-19-8-5-9-20-40)43-32-36-51-56(38-43)63-59-50-35-31-42(37-52(50)46-22-10-11-24-48(46)57(51)59)61(53-26-14-12-21-45(53)39-17-6-4-7-18-39)54-27-16-25-49-47-23-13-15-28-55(47)62-58(49)54/h4-38H,1-3H3. The van der Waals surface area contributed by atoms with Crippen LogP contribution in [0.15, 0.2) is 222 Å². The summed E-state index contributed by atoms with van der Waals surface area (Å²) in [4.78, 5) is 6.19. The molecule has 10 aromatic carbocycles. The third kappa shape index (κ3) is 6.34. The van der Waals surface area contributed by atoms with Gasteiger partial charge >= 0.3 is 0 Å². The Morgan fingerprint density at radius 2 is 1.00 bits per heavy atom. The number of thiophene rings is 1. The molecule has 0 saturated carbocycles. The van der Waals surface area contributed by atoms with Crippen molar-refractivity contribution in [2.45, 2.75) is 4.90 Å². The molecule has 0 N–H and O–H groups in total. The van der Waals surface area contributed by atoms with Crippen molar-refractivity contribution >= 4 is 119 Å². The summed E-state index contributed by atoms with van der Waals surface area (Å²) in [5.74, 6) is 0. The van der Waals surface area contributed by atoms with Crippen molar-refractivity contribution in [1.29, 1.82) is 0 Å². The third-order valence-corrected chi connectivity index (χ3v) is 15.5. The molecule has 0 amide bonds. The van der Waals surface area contributed by atoms with Crippen LogP contribution in [0.1, 0.15) is 0 Å². The Morgan fingerprint density at radius 1 is 0.406 bits per heavy atom. The van der Waals surface area contributed by atoms with Crippen molar-refractivity contribution in [3.8, 4) is 11.1 Å². The number of anilines is 6. The van der Waals surface area contributed by atoms with E-state index in [1.165, 1.54) is 46.6 Å². The molecular weight excluding hydrogens is 817 g/mol. The number of rotatable bonds is 8. The zero-order valence-corrected chi connectivity index (χ0v) is 37.5. The lowest BCUT2D eigenvalue weighted by Crippen LogP contribution is -2.11. The number of fused-ring (bicyclic) bond motifs is 11. The van der Waals surface area contributed by atoms with Gasteiger partial charge in [0.15, 0.2) is 5.58 Å². The summed E-state index contributed by atoms with van der Waals surface area (Å²) in [5, 5.41) is 9.77. The van der Waals surface area contributed by atoms with E-state index in [1.807, 2.05) is 17.4 Å². The van der Waals surface area contributed by atoms with Gasteiger partial charge < -0.3 is 14.2 Å². The van der Waals surface area contributed by atoms with Gasteiger partial charge in [-0.05, 0) is 124 Å². The summed E-state index contributed by atoms with van der Waals surface area (Å²) in [6, 6.07) is 77.2. The van der Waals surface area contributed by atoms with E-state index in [-0.39, 0.29) is 0 Å². The van der Waals surface area contributed by atoms with Crippen molar-refractivity contribution in [3.05, 3.63) is 212 Å². The Labute approximate surface area is 378 Å². The molecule has 0 saturated heterocycles. The average molecular weight is 861 g/mol. The molecule has 2 aromatic heterocycles. The zero-order valence-electron chi connectivity index (χ0n) is 35.8. The van der Waals surface area contributed by atoms with Crippen molar-refractivity contribution < 1.29 is 4.42 Å². The number of hydrogen-bond acceptors (Lipinski definition) is 4. The average Bonchev–Trinajstić information content (AvgIpc) is 3.92. The monoisotopic (exact) mass is 860 g/mol. The fourth-order valence-corrected chi connectivity index (χ4v) is 11.8. The Kier molecular flexibility index (Phi) is 9.11. The van der Waals surface area contributed by atoms with E-state index in [4.69, 9.17) is 4.42 Å². The first-order valence-electron chi connectivity index (χ1n) is 21.7. The second-order valence-electron chi connectivity index (χ2n) is 17.2. The smallest absolute Gasteiger partial charge is 0.159 e. The largest absolute Gasteiger partial charge is 0.454 e. The van der Waals surface area contributed by atoms with Crippen molar-refractivity contribution in [1.82, 2.24) is 0 Å².